The second-order valence-corrected chi connectivity index (χ2v) is 7.80. The number of nitrogens with zero attached hydrogens (tertiary/aromatic N) is 1. The van der Waals surface area contributed by atoms with E-state index in [1.165, 1.54) is 11.8 Å². The van der Waals surface area contributed by atoms with Crippen molar-refractivity contribution >= 4 is 46.0 Å². The summed E-state index contributed by atoms with van der Waals surface area (Å²) >= 11 is 6.71. The summed E-state index contributed by atoms with van der Waals surface area (Å²) in [5.74, 6) is 1.24. The van der Waals surface area contributed by atoms with Crippen LogP contribution in [-0.2, 0) is 4.79 Å². The van der Waals surface area contributed by atoms with Gasteiger partial charge >= 0.3 is 0 Å². The van der Waals surface area contributed by atoms with Crippen LogP contribution in [0.2, 0.25) is 0 Å². The van der Waals surface area contributed by atoms with E-state index in [-0.39, 0.29) is 5.91 Å². The molecule has 128 valence electrons. The molecule has 5 heteroatoms. The van der Waals surface area contributed by atoms with Crippen molar-refractivity contribution in [1.29, 1.82) is 0 Å². The highest BCUT2D eigenvalue weighted by Crippen LogP contribution is 2.35. The summed E-state index contributed by atoms with van der Waals surface area (Å²) in [6, 6.07) is 17.2. The highest BCUT2D eigenvalue weighted by atomic mass is 32.2. The van der Waals surface area contributed by atoms with Gasteiger partial charge < -0.3 is 4.74 Å². The number of carbonyl (C=O) groups is 1. The largest absolute Gasteiger partial charge is 0.493 e. The van der Waals surface area contributed by atoms with E-state index in [9.17, 15) is 4.79 Å². The average Bonchev–Trinajstić information content (AvgIpc) is 2.88. The standard InChI is InChI=1S/C20H19NO2S2/c1-14(2)13-23-17-10-8-15(9-11-17)12-18-19(22)21(20(24)25-18)16-6-4-3-5-7-16/h3-12,14H,13H2,1-2H3/b18-12+. The maximum atomic E-state index is 12.7. The van der Waals surface area contributed by atoms with Crippen molar-refractivity contribution in [3.8, 4) is 5.75 Å². The van der Waals surface area contributed by atoms with Crippen LogP contribution in [0.15, 0.2) is 59.5 Å². The van der Waals surface area contributed by atoms with Crippen molar-refractivity contribution in [3.05, 3.63) is 65.1 Å². The normalized spacial score (nSPS) is 16.1. The first kappa shape index (κ1) is 17.7. The van der Waals surface area contributed by atoms with Crippen LogP contribution in [0.3, 0.4) is 0 Å². The molecule has 0 aliphatic carbocycles. The van der Waals surface area contributed by atoms with Crippen molar-refractivity contribution in [2.75, 3.05) is 11.5 Å². The van der Waals surface area contributed by atoms with Gasteiger partial charge in [0.1, 0.15) is 5.75 Å². The Morgan fingerprint density at radius 1 is 1.12 bits per heavy atom. The van der Waals surface area contributed by atoms with E-state index in [1.807, 2.05) is 60.7 Å². The topological polar surface area (TPSA) is 29.5 Å². The molecule has 1 aliphatic heterocycles. The van der Waals surface area contributed by atoms with E-state index in [0.717, 1.165) is 17.0 Å². The highest BCUT2D eigenvalue weighted by Gasteiger charge is 2.33. The van der Waals surface area contributed by atoms with E-state index in [0.29, 0.717) is 21.8 Å². The molecule has 0 unspecified atom stereocenters. The van der Waals surface area contributed by atoms with Gasteiger partial charge in [-0.15, -0.1) is 0 Å². The molecule has 2 aromatic rings. The summed E-state index contributed by atoms with van der Waals surface area (Å²) in [5.41, 5.74) is 1.75. The van der Waals surface area contributed by atoms with E-state index in [1.54, 1.807) is 4.90 Å². The zero-order chi connectivity index (χ0) is 17.8. The van der Waals surface area contributed by atoms with Crippen molar-refractivity contribution in [3.63, 3.8) is 0 Å². The maximum Gasteiger partial charge on any atom is 0.270 e. The summed E-state index contributed by atoms with van der Waals surface area (Å²) in [6.07, 6.45) is 1.87. The third-order valence-corrected chi connectivity index (χ3v) is 4.87. The lowest BCUT2D eigenvalue weighted by molar-refractivity contribution is -0.113. The molecule has 25 heavy (non-hydrogen) atoms. The molecule has 0 spiro atoms. The van der Waals surface area contributed by atoms with Crippen LogP contribution in [0.4, 0.5) is 5.69 Å². The number of thiocarbonyl (C=S) groups is 1. The highest BCUT2D eigenvalue weighted by molar-refractivity contribution is 8.27. The van der Waals surface area contributed by atoms with Crippen LogP contribution in [0, 0.1) is 5.92 Å². The van der Waals surface area contributed by atoms with E-state index < -0.39 is 0 Å². The number of para-hydroxylation sites is 1. The zero-order valence-corrected chi connectivity index (χ0v) is 15.8. The van der Waals surface area contributed by atoms with Gasteiger partial charge in [0.05, 0.1) is 17.2 Å². The minimum atomic E-state index is -0.0821. The van der Waals surface area contributed by atoms with Crippen LogP contribution in [0.25, 0.3) is 6.08 Å². The molecule has 0 radical (unpaired) electrons. The number of hydrogen-bond donors (Lipinski definition) is 0. The summed E-state index contributed by atoms with van der Waals surface area (Å²) in [5, 5.41) is 0. The van der Waals surface area contributed by atoms with E-state index in [4.69, 9.17) is 17.0 Å². The summed E-state index contributed by atoms with van der Waals surface area (Å²) in [7, 11) is 0. The Morgan fingerprint density at radius 3 is 2.44 bits per heavy atom. The van der Waals surface area contributed by atoms with Crippen molar-refractivity contribution in [2.24, 2.45) is 5.92 Å². The third-order valence-electron chi connectivity index (χ3n) is 3.57. The van der Waals surface area contributed by atoms with Gasteiger partial charge in [-0.3, -0.25) is 9.69 Å². The molecule has 2 aromatic carbocycles. The molecule has 0 N–H and O–H groups in total. The fraction of sp³-hybridized carbons (Fsp3) is 0.200. The first-order valence-electron chi connectivity index (χ1n) is 8.10. The van der Waals surface area contributed by atoms with E-state index >= 15 is 0 Å². The molecule has 1 heterocycles. The van der Waals surface area contributed by atoms with Gasteiger partial charge in [-0.2, -0.15) is 0 Å². The number of amides is 1. The Morgan fingerprint density at radius 2 is 1.80 bits per heavy atom. The number of hydrogen-bond acceptors (Lipinski definition) is 4. The number of thioether (sulfide) groups is 1. The molecule has 1 amide bonds. The number of carbonyl (C=O) groups excluding carboxylic acids is 1. The van der Waals surface area contributed by atoms with Crippen molar-refractivity contribution < 1.29 is 9.53 Å². The Bertz CT molecular complexity index is 798. The Balaban J connectivity index is 1.76. The molecule has 1 fully saturated rings. The molecule has 1 aliphatic rings. The average molecular weight is 370 g/mol. The van der Waals surface area contributed by atoms with Gasteiger partial charge in [0, 0.05) is 0 Å². The fourth-order valence-corrected chi connectivity index (χ4v) is 3.64. The van der Waals surface area contributed by atoms with Gasteiger partial charge in [0.2, 0.25) is 0 Å². The van der Waals surface area contributed by atoms with Gasteiger partial charge in [0.25, 0.3) is 5.91 Å². The first-order chi connectivity index (χ1) is 12.0. The smallest absolute Gasteiger partial charge is 0.270 e. The summed E-state index contributed by atoms with van der Waals surface area (Å²) in [4.78, 5) is 14.9. The Labute approximate surface area is 157 Å². The molecule has 0 saturated carbocycles. The number of benzene rings is 2. The molecule has 3 rings (SSSR count). The SMILES string of the molecule is CC(C)COc1ccc(/C=C2/SC(=S)N(c3ccccc3)C2=O)cc1. The van der Waals surface area contributed by atoms with Crippen LogP contribution in [-0.4, -0.2) is 16.8 Å². The second kappa shape index (κ2) is 7.85. The Hall–Kier alpha value is -2.11. The molecule has 0 atom stereocenters. The maximum absolute atomic E-state index is 12.7. The minimum Gasteiger partial charge on any atom is -0.493 e. The lowest BCUT2D eigenvalue weighted by Crippen LogP contribution is -2.27. The summed E-state index contributed by atoms with van der Waals surface area (Å²) in [6.45, 7) is 4.92. The zero-order valence-electron chi connectivity index (χ0n) is 14.1. The van der Waals surface area contributed by atoms with E-state index in [2.05, 4.69) is 13.8 Å². The Kier molecular flexibility index (Phi) is 5.56. The molecular weight excluding hydrogens is 350 g/mol. The van der Waals surface area contributed by atoms with Gasteiger partial charge in [-0.1, -0.05) is 68.2 Å². The molecule has 0 aromatic heterocycles. The lowest BCUT2D eigenvalue weighted by atomic mass is 10.2. The van der Waals surface area contributed by atoms with Crippen LogP contribution in [0.5, 0.6) is 5.75 Å². The quantitative estimate of drug-likeness (QED) is 0.540. The van der Waals surface area contributed by atoms with Crippen LogP contribution >= 0.6 is 24.0 Å². The van der Waals surface area contributed by atoms with Crippen LogP contribution in [0.1, 0.15) is 19.4 Å². The molecular formula is C20H19NO2S2. The van der Waals surface area contributed by atoms with Gasteiger partial charge in [0.15, 0.2) is 4.32 Å². The monoisotopic (exact) mass is 369 g/mol. The second-order valence-electron chi connectivity index (χ2n) is 6.13. The molecule has 1 saturated heterocycles. The predicted molar refractivity (Wildman–Crippen MR) is 109 cm³/mol. The first-order valence-corrected chi connectivity index (χ1v) is 9.33. The molecule has 0 bridgehead atoms. The lowest BCUT2D eigenvalue weighted by Gasteiger charge is -2.13. The van der Waals surface area contributed by atoms with Crippen molar-refractivity contribution in [2.45, 2.75) is 13.8 Å². The predicted octanol–water partition coefficient (Wildman–Crippen LogP) is 5.13. The summed E-state index contributed by atoms with van der Waals surface area (Å²) < 4.78 is 6.24. The number of rotatable bonds is 5. The molecule has 3 nitrogen and oxygen atoms in total. The van der Waals surface area contributed by atoms with Crippen molar-refractivity contribution in [1.82, 2.24) is 0 Å². The third kappa shape index (κ3) is 4.30. The van der Waals surface area contributed by atoms with Crippen LogP contribution < -0.4 is 9.64 Å². The number of ether oxygens (including phenoxy) is 1. The van der Waals surface area contributed by atoms with Gasteiger partial charge in [-0.25, -0.2) is 0 Å². The fourth-order valence-electron chi connectivity index (χ4n) is 2.34. The number of anilines is 1. The minimum absolute atomic E-state index is 0.0821. The van der Waals surface area contributed by atoms with Gasteiger partial charge in [-0.05, 0) is 41.8 Å².